The van der Waals surface area contributed by atoms with Crippen LogP contribution in [0.4, 0.5) is 0 Å². The van der Waals surface area contributed by atoms with Crippen LogP contribution in [-0.4, -0.2) is 96.7 Å². The molecule has 0 heterocycles. The molecule has 0 aliphatic rings. The van der Waals surface area contributed by atoms with Crippen molar-refractivity contribution in [3.05, 3.63) is 0 Å². The molecule has 0 aliphatic heterocycles. The van der Waals surface area contributed by atoms with Crippen molar-refractivity contribution in [2.24, 2.45) is 11.8 Å². The SMILES string of the molecule is CCCCCCCCCCCCCCCCCCCCC(=O)O[C@H](COC(=O)CCCCCCCCCCCCCCCCCCC)COP(=O)(O)OC[C@@H](O)COP(=O)(O)OC[C@@H](COC(=O)CCCCCCCCCC(C)C)OC(=O)CCCCCCCCCCCCCC(C)C. The Morgan fingerprint density at radius 1 is 0.273 bits per heavy atom. The third kappa shape index (κ3) is 74.1. The number of carbonyl (C=O) groups excluding carboxylic acids is 4. The Morgan fingerprint density at radius 3 is 0.687 bits per heavy atom. The first kappa shape index (κ1) is 97.1. The maximum Gasteiger partial charge on any atom is 0.472 e. The number of aliphatic hydroxyl groups excluding tert-OH is 1. The fourth-order valence-electron chi connectivity index (χ4n) is 12.4. The number of phosphoric acid groups is 2. The Balaban J connectivity index is 5.24. The van der Waals surface area contributed by atoms with Crippen LogP contribution in [-0.2, 0) is 65.4 Å². The van der Waals surface area contributed by atoms with Gasteiger partial charge in [0, 0.05) is 25.7 Å². The van der Waals surface area contributed by atoms with Crippen molar-refractivity contribution in [3.63, 3.8) is 0 Å². The fraction of sp³-hybridized carbons (Fsp3) is 0.950. The van der Waals surface area contributed by atoms with Crippen molar-refractivity contribution in [3.8, 4) is 0 Å². The first-order valence-corrected chi connectivity index (χ1v) is 44.5. The van der Waals surface area contributed by atoms with Crippen LogP contribution in [0.15, 0.2) is 0 Å². The Hall–Kier alpha value is -1.94. The minimum Gasteiger partial charge on any atom is -0.462 e. The number of aliphatic hydroxyl groups is 1. The van der Waals surface area contributed by atoms with E-state index < -0.39 is 97.5 Å². The first-order chi connectivity index (χ1) is 47.9. The lowest BCUT2D eigenvalue weighted by Crippen LogP contribution is -2.30. The summed E-state index contributed by atoms with van der Waals surface area (Å²) in [5.74, 6) is -0.640. The number of hydrogen-bond donors (Lipinski definition) is 3. The molecule has 0 aromatic heterocycles. The largest absolute Gasteiger partial charge is 0.472 e. The minimum atomic E-state index is -4.96. The normalized spacial score (nSPS) is 13.9. The molecule has 0 aromatic rings. The van der Waals surface area contributed by atoms with Gasteiger partial charge in [0.1, 0.15) is 19.3 Å². The Bertz CT molecular complexity index is 1910. The van der Waals surface area contributed by atoms with Gasteiger partial charge in [-0.3, -0.25) is 37.3 Å². The number of unbranched alkanes of at least 4 members (excludes halogenated alkanes) is 49. The van der Waals surface area contributed by atoms with Crippen LogP contribution in [0.5, 0.6) is 0 Å². The van der Waals surface area contributed by atoms with E-state index in [-0.39, 0.29) is 25.7 Å². The molecular weight excluding hydrogens is 1290 g/mol. The predicted molar refractivity (Wildman–Crippen MR) is 405 cm³/mol. The van der Waals surface area contributed by atoms with E-state index in [0.29, 0.717) is 31.6 Å². The van der Waals surface area contributed by atoms with Crippen molar-refractivity contribution >= 4 is 39.5 Å². The van der Waals surface area contributed by atoms with Gasteiger partial charge in [-0.15, -0.1) is 0 Å². The van der Waals surface area contributed by atoms with Gasteiger partial charge in [-0.1, -0.05) is 369 Å². The average Bonchev–Trinajstić information content (AvgIpc) is 0.978. The van der Waals surface area contributed by atoms with E-state index in [2.05, 4.69) is 41.5 Å². The van der Waals surface area contributed by atoms with Gasteiger partial charge in [-0.05, 0) is 37.5 Å². The van der Waals surface area contributed by atoms with Gasteiger partial charge in [-0.25, -0.2) is 9.13 Å². The highest BCUT2D eigenvalue weighted by Gasteiger charge is 2.30. The highest BCUT2D eigenvalue weighted by Crippen LogP contribution is 2.45. The second-order valence-corrected chi connectivity index (χ2v) is 32.7. The topological polar surface area (TPSA) is 237 Å². The molecule has 588 valence electrons. The van der Waals surface area contributed by atoms with E-state index in [1.165, 1.54) is 231 Å². The standard InChI is InChI=1S/C80H156O17P2/c1-7-9-11-13-15-17-19-21-23-25-27-29-31-35-39-45-52-58-64-79(84)96-75(68-90-77(82)62-56-50-44-38-34-30-28-26-24-22-20-18-16-14-12-10-8-2)70-94-98(86,87)92-66-74(81)67-93-99(88,89)95-71-76(69-91-78(83)63-57-51-47-41-43-49-55-61-73(5)6)97-80(85)65-59-53-46-40-36-32-33-37-42-48-54-60-72(3)4/h72-76,81H,7-71H2,1-6H3,(H,86,87)(H,88,89)/t74-,75-,76-/m1/s1. The van der Waals surface area contributed by atoms with Crippen LogP contribution >= 0.6 is 15.6 Å². The summed E-state index contributed by atoms with van der Waals surface area (Å²) in [4.78, 5) is 73.0. The number of ether oxygens (including phenoxy) is 4. The van der Waals surface area contributed by atoms with Gasteiger partial charge in [0.25, 0.3) is 0 Å². The summed E-state index contributed by atoms with van der Waals surface area (Å²) in [7, 11) is -9.92. The molecule has 0 aromatic carbocycles. The number of esters is 4. The van der Waals surface area contributed by atoms with Gasteiger partial charge < -0.3 is 33.8 Å². The minimum absolute atomic E-state index is 0.106. The Labute approximate surface area is 607 Å². The van der Waals surface area contributed by atoms with Gasteiger partial charge in [0.15, 0.2) is 12.2 Å². The molecule has 0 radical (unpaired) electrons. The molecule has 0 fully saturated rings. The highest BCUT2D eigenvalue weighted by molar-refractivity contribution is 7.47. The van der Waals surface area contributed by atoms with Crippen LogP contribution in [0.3, 0.4) is 0 Å². The molecule has 0 saturated carbocycles. The zero-order chi connectivity index (χ0) is 72.8. The summed E-state index contributed by atoms with van der Waals surface area (Å²) in [5, 5.41) is 10.6. The van der Waals surface area contributed by atoms with Gasteiger partial charge in [0.05, 0.1) is 26.4 Å². The van der Waals surface area contributed by atoms with Crippen molar-refractivity contribution < 1.29 is 80.2 Å². The van der Waals surface area contributed by atoms with Crippen LogP contribution in [0.25, 0.3) is 0 Å². The molecule has 99 heavy (non-hydrogen) atoms. The average molecular weight is 1450 g/mol. The molecule has 0 saturated heterocycles. The molecule has 0 rings (SSSR count). The van der Waals surface area contributed by atoms with Gasteiger partial charge >= 0.3 is 39.5 Å². The van der Waals surface area contributed by atoms with Gasteiger partial charge in [0.2, 0.25) is 0 Å². The summed E-state index contributed by atoms with van der Waals surface area (Å²) in [5.41, 5.74) is 0. The summed E-state index contributed by atoms with van der Waals surface area (Å²) in [6.45, 7) is 9.58. The van der Waals surface area contributed by atoms with E-state index in [1.807, 2.05) is 0 Å². The van der Waals surface area contributed by atoms with E-state index in [0.717, 1.165) is 102 Å². The lowest BCUT2D eigenvalue weighted by Gasteiger charge is -2.21. The predicted octanol–water partition coefficient (Wildman–Crippen LogP) is 23.9. The third-order valence-corrected chi connectivity index (χ3v) is 20.6. The molecule has 0 spiro atoms. The van der Waals surface area contributed by atoms with Crippen molar-refractivity contribution in [2.45, 2.75) is 439 Å². The van der Waals surface area contributed by atoms with E-state index in [4.69, 9.17) is 37.0 Å². The lowest BCUT2D eigenvalue weighted by molar-refractivity contribution is -0.161. The second kappa shape index (κ2) is 71.7. The fourth-order valence-corrected chi connectivity index (χ4v) is 13.9. The number of carbonyl (C=O) groups is 4. The van der Waals surface area contributed by atoms with Crippen molar-refractivity contribution in [1.29, 1.82) is 0 Å². The first-order valence-electron chi connectivity index (χ1n) is 41.5. The quantitative estimate of drug-likeness (QED) is 0.0222. The summed E-state index contributed by atoms with van der Waals surface area (Å²) < 4.78 is 68.7. The Morgan fingerprint density at radius 2 is 0.465 bits per heavy atom. The summed E-state index contributed by atoms with van der Waals surface area (Å²) in [6.07, 6.45) is 61.1. The molecule has 0 amide bonds. The zero-order valence-electron chi connectivity index (χ0n) is 64.8. The van der Waals surface area contributed by atoms with Crippen LogP contribution in [0.2, 0.25) is 0 Å². The number of hydrogen-bond acceptors (Lipinski definition) is 15. The highest BCUT2D eigenvalue weighted by atomic mass is 31.2. The van der Waals surface area contributed by atoms with Crippen molar-refractivity contribution in [1.82, 2.24) is 0 Å². The van der Waals surface area contributed by atoms with Gasteiger partial charge in [-0.2, -0.15) is 0 Å². The summed E-state index contributed by atoms with van der Waals surface area (Å²) >= 11 is 0. The maximum atomic E-state index is 13.1. The smallest absolute Gasteiger partial charge is 0.462 e. The molecule has 5 atom stereocenters. The zero-order valence-corrected chi connectivity index (χ0v) is 66.6. The van der Waals surface area contributed by atoms with Crippen LogP contribution in [0, 0.1) is 11.8 Å². The Kier molecular flexibility index (Phi) is 70.3. The monoisotopic (exact) mass is 1450 g/mol. The molecule has 0 aliphatic carbocycles. The lowest BCUT2D eigenvalue weighted by atomic mass is 10.0. The van der Waals surface area contributed by atoms with Crippen LogP contribution in [0.1, 0.15) is 420 Å². The van der Waals surface area contributed by atoms with E-state index >= 15 is 0 Å². The molecule has 17 nitrogen and oxygen atoms in total. The van der Waals surface area contributed by atoms with E-state index in [9.17, 15) is 43.2 Å². The molecule has 2 unspecified atom stereocenters. The summed E-state index contributed by atoms with van der Waals surface area (Å²) in [6, 6.07) is 0. The molecule has 19 heteroatoms. The molecule has 0 bridgehead atoms. The maximum absolute atomic E-state index is 13.1. The van der Waals surface area contributed by atoms with E-state index in [1.54, 1.807) is 0 Å². The number of phosphoric ester groups is 2. The molecular formula is C80H156O17P2. The number of rotatable bonds is 79. The third-order valence-electron chi connectivity index (χ3n) is 18.7. The van der Waals surface area contributed by atoms with Crippen LogP contribution < -0.4 is 0 Å². The molecule has 3 N–H and O–H groups in total. The second-order valence-electron chi connectivity index (χ2n) is 29.8. The van der Waals surface area contributed by atoms with Crippen molar-refractivity contribution in [2.75, 3.05) is 39.6 Å².